The zero-order valence-corrected chi connectivity index (χ0v) is 14.8. The van der Waals surface area contributed by atoms with Crippen LogP contribution in [0, 0.1) is 5.92 Å². The van der Waals surface area contributed by atoms with Gasteiger partial charge < -0.3 is 16.0 Å². The molecule has 5 heteroatoms. The summed E-state index contributed by atoms with van der Waals surface area (Å²) in [6.45, 7) is 10.5. The second-order valence-electron chi connectivity index (χ2n) is 6.00. The Bertz CT molecular complexity index is 494. The first kappa shape index (κ1) is 19.0. The van der Waals surface area contributed by atoms with E-state index in [0.717, 1.165) is 44.1 Å². The van der Waals surface area contributed by atoms with Crippen LogP contribution in [0.1, 0.15) is 39.7 Å². The molecule has 0 atom stereocenters. The molecule has 0 aliphatic heterocycles. The van der Waals surface area contributed by atoms with Crippen LogP contribution in [0.4, 0.5) is 5.69 Å². The van der Waals surface area contributed by atoms with Crippen molar-refractivity contribution in [2.75, 3.05) is 25.0 Å². The Morgan fingerprint density at radius 2 is 1.87 bits per heavy atom. The van der Waals surface area contributed by atoms with E-state index in [1.54, 1.807) is 0 Å². The molecule has 128 valence electrons. The van der Waals surface area contributed by atoms with Crippen LogP contribution in [-0.2, 0) is 11.2 Å². The Morgan fingerprint density at radius 1 is 1.17 bits per heavy atom. The molecule has 1 amide bonds. The average molecular weight is 318 g/mol. The lowest BCUT2D eigenvalue weighted by molar-refractivity contribution is -0.114. The summed E-state index contributed by atoms with van der Waals surface area (Å²) in [5, 5.41) is 9.40. The molecule has 3 N–H and O–H groups in total. The highest BCUT2D eigenvalue weighted by Gasteiger charge is 2.00. The number of hydrogen-bond acceptors (Lipinski definition) is 2. The van der Waals surface area contributed by atoms with Crippen molar-refractivity contribution in [1.82, 2.24) is 10.6 Å². The summed E-state index contributed by atoms with van der Waals surface area (Å²) in [5.74, 6) is 1.50. The van der Waals surface area contributed by atoms with Gasteiger partial charge in [-0.1, -0.05) is 26.0 Å². The monoisotopic (exact) mass is 318 g/mol. The lowest BCUT2D eigenvalue weighted by Gasteiger charge is -2.12. The standard InChI is InChI=1S/C18H30N4O/c1-5-19-18(20-12-10-14(2)3)21-13-11-16-6-8-17(9-7-16)22-15(4)23/h6-9,14H,5,10-13H2,1-4H3,(H,22,23)(H2,19,20,21). The normalized spacial score (nSPS) is 11.4. The number of carbonyl (C=O) groups is 1. The zero-order valence-electron chi connectivity index (χ0n) is 14.8. The topological polar surface area (TPSA) is 65.5 Å². The molecular weight excluding hydrogens is 288 g/mol. The van der Waals surface area contributed by atoms with Crippen LogP contribution >= 0.6 is 0 Å². The molecule has 1 aromatic carbocycles. The molecule has 0 aliphatic carbocycles. The minimum atomic E-state index is -0.0488. The van der Waals surface area contributed by atoms with Crippen molar-refractivity contribution in [3.63, 3.8) is 0 Å². The maximum Gasteiger partial charge on any atom is 0.221 e. The predicted molar refractivity (Wildman–Crippen MR) is 97.9 cm³/mol. The number of aliphatic imine (C=N–C) groups is 1. The van der Waals surface area contributed by atoms with E-state index < -0.39 is 0 Å². The number of rotatable bonds is 8. The van der Waals surface area contributed by atoms with Gasteiger partial charge >= 0.3 is 0 Å². The van der Waals surface area contributed by atoms with Crippen molar-refractivity contribution in [3.05, 3.63) is 29.8 Å². The summed E-state index contributed by atoms with van der Waals surface area (Å²) < 4.78 is 0. The first-order chi connectivity index (χ1) is 11.0. The van der Waals surface area contributed by atoms with Crippen LogP contribution in [0.5, 0.6) is 0 Å². The first-order valence-electron chi connectivity index (χ1n) is 8.40. The van der Waals surface area contributed by atoms with Crippen LogP contribution < -0.4 is 16.0 Å². The third kappa shape index (κ3) is 8.86. The summed E-state index contributed by atoms with van der Waals surface area (Å²) in [5.41, 5.74) is 2.06. The quantitative estimate of drug-likeness (QED) is 0.510. The molecule has 0 unspecified atom stereocenters. The molecule has 0 spiro atoms. The molecule has 5 nitrogen and oxygen atoms in total. The van der Waals surface area contributed by atoms with Gasteiger partial charge in [-0.3, -0.25) is 9.79 Å². The third-order valence-electron chi connectivity index (χ3n) is 3.30. The molecule has 0 saturated heterocycles. The van der Waals surface area contributed by atoms with Crippen molar-refractivity contribution >= 4 is 17.6 Å². The van der Waals surface area contributed by atoms with Gasteiger partial charge in [0.25, 0.3) is 0 Å². The molecule has 1 aromatic rings. The lowest BCUT2D eigenvalue weighted by atomic mass is 10.1. The van der Waals surface area contributed by atoms with E-state index >= 15 is 0 Å². The molecule has 0 fully saturated rings. The summed E-state index contributed by atoms with van der Waals surface area (Å²) in [6.07, 6.45) is 2.01. The molecule has 0 heterocycles. The van der Waals surface area contributed by atoms with Gasteiger partial charge in [-0.25, -0.2) is 0 Å². The second kappa shape index (κ2) is 10.6. The molecule has 0 aliphatic rings. The number of amides is 1. The number of nitrogens with one attached hydrogen (secondary N) is 3. The van der Waals surface area contributed by atoms with Gasteiger partial charge in [-0.2, -0.15) is 0 Å². The third-order valence-corrected chi connectivity index (χ3v) is 3.30. The van der Waals surface area contributed by atoms with E-state index in [4.69, 9.17) is 0 Å². The lowest BCUT2D eigenvalue weighted by Crippen LogP contribution is -2.38. The van der Waals surface area contributed by atoms with Gasteiger partial charge in [0.1, 0.15) is 0 Å². The predicted octanol–water partition coefficient (Wildman–Crippen LogP) is 2.79. The minimum absolute atomic E-state index is 0.0488. The number of guanidine groups is 1. The number of nitrogens with zero attached hydrogens (tertiary/aromatic N) is 1. The van der Waals surface area contributed by atoms with Gasteiger partial charge in [0.2, 0.25) is 5.91 Å². The van der Waals surface area contributed by atoms with E-state index in [9.17, 15) is 4.79 Å². The van der Waals surface area contributed by atoms with Crippen LogP contribution in [0.3, 0.4) is 0 Å². The highest BCUT2D eigenvalue weighted by Crippen LogP contribution is 2.09. The molecular formula is C18H30N4O. The minimum Gasteiger partial charge on any atom is -0.357 e. The molecule has 23 heavy (non-hydrogen) atoms. The summed E-state index contributed by atoms with van der Waals surface area (Å²) in [4.78, 5) is 15.6. The van der Waals surface area contributed by atoms with Crippen LogP contribution in [0.2, 0.25) is 0 Å². The zero-order chi connectivity index (χ0) is 17.1. The fourth-order valence-electron chi connectivity index (χ4n) is 2.06. The Labute approximate surface area is 140 Å². The molecule has 0 saturated carbocycles. The Balaban J connectivity index is 2.41. The SMILES string of the molecule is CCNC(=NCCC(C)C)NCCc1ccc(NC(C)=O)cc1. The van der Waals surface area contributed by atoms with Gasteiger partial charge in [-0.15, -0.1) is 0 Å². The van der Waals surface area contributed by atoms with Gasteiger partial charge in [0.15, 0.2) is 5.96 Å². The van der Waals surface area contributed by atoms with Crippen LogP contribution in [0.15, 0.2) is 29.3 Å². The Hall–Kier alpha value is -2.04. The van der Waals surface area contributed by atoms with Crippen molar-refractivity contribution < 1.29 is 4.79 Å². The van der Waals surface area contributed by atoms with E-state index in [2.05, 4.69) is 41.7 Å². The largest absolute Gasteiger partial charge is 0.357 e. The average Bonchev–Trinajstić information content (AvgIpc) is 2.48. The summed E-state index contributed by atoms with van der Waals surface area (Å²) >= 11 is 0. The number of anilines is 1. The van der Waals surface area contributed by atoms with E-state index in [-0.39, 0.29) is 5.91 Å². The highest BCUT2D eigenvalue weighted by atomic mass is 16.1. The van der Waals surface area contributed by atoms with Gasteiger partial charge in [-0.05, 0) is 43.4 Å². The summed E-state index contributed by atoms with van der Waals surface area (Å²) in [6, 6.07) is 7.93. The van der Waals surface area contributed by atoms with Gasteiger partial charge in [0, 0.05) is 32.2 Å². The van der Waals surface area contributed by atoms with Crippen LogP contribution in [-0.4, -0.2) is 31.5 Å². The molecule has 0 bridgehead atoms. The maximum atomic E-state index is 11.0. The van der Waals surface area contributed by atoms with E-state index in [1.807, 2.05) is 24.3 Å². The number of hydrogen-bond donors (Lipinski definition) is 3. The Kier molecular flexibility index (Phi) is 8.80. The number of carbonyl (C=O) groups excluding carboxylic acids is 1. The van der Waals surface area contributed by atoms with Crippen LogP contribution in [0.25, 0.3) is 0 Å². The highest BCUT2D eigenvalue weighted by molar-refractivity contribution is 5.88. The molecule has 0 radical (unpaired) electrons. The smallest absolute Gasteiger partial charge is 0.221 e. The van der Waals surface area contributed by atoms with Gasteiger partial charge in [0.05, 0.1) is 0 Å². The second-order valence-corrected chi connectivity index (χ2v) is 6.00. The van der Waals surface area contributed by atoms with Crippen molar-refractivity contribution in [1.29, 1.82) is 0 Å². The fraction of sp³-hybridized carbons (Fsp3) is 0.556. The Morgan fingerprint density at radius 3 is 2.43 bits per heavy atom. The summed E-state index contributed by atoms with van der Waals surface area (Å²) in [7, 11) is 0. The maximum absolute atomic E-state index is 11.0. The molecule has 1 rings (SSSR count). The molecule has 0 aromatic heterocycles. The van der Waals surface area contributed by atoms with Crippen molar-refractivity contribution in [2.24, 2.45) is 10.9 Å². The van der Waals surface area contributed by atoms with E-state index in [0.29, 0.717) is 5.92 Å². The fourth-order valence-corrected chi connectivity index (χ4v) is 2.06. The van der Waals surface area contributed by atoms with Crippen molar-refractivity contribution in [3.8, 4) is 0 Å². The van der Waals surface area contributed by atoms with E-state index in [1.165, 1.54) is 12.5 Å². The van der Waals surface area contributed by atoms with Crippen molar-refractivity contribution in [2.45, 2.75) is 40.5 Å². The first-order valence-corrected chi connectivity index (χ1v) is 8.40. The number of benzene rings is 1.